The lowest BCUT2D eigenvalue weighted by atomic mass is 10.0. The van der Waals surface area contributed by atoms with Gasteiger partial charge in [0.1, 0.15) is 11.8 Å². The normalized spacial score (nSPS) is 18.1. The Morgan fingerprint density at radius 3 is 2.23 bits per heavy atom. The van der Waals surface area contributed by atoms with Crippen molar-refractivity contribution in [1.82, 2.24) is 10.6 Å². The number of methoxy groups -OCH3 is 2. The number of aliphatic hydroxyl groups excluding tert-OH is 1. The molecular weight excluding hydrogens is 616 g/mol. The third-order valence-electron chi connectivity index (χ3n) is 7.89. The van der Waals surface area contributed by atoms with Gasteiger partial charge in [0.15, 0.2) is 6.29 Å². The quantitative estimate of drug-likeness (QED) is 0.117. The summed E-state index contributed by atoms with van der Waals surface area (Å²) in [7, 11) is 2.97. The molecule has 1 aliphatic rings. The maximum atomic E-state index is 12.7. The molecule has 1 heterocycles. The summed E-state index contributed by atoms with van der Waals surface area (Å²) in [5.74, 6) is 1.02. The van der Waals surface area contributed by atoms with Crippen LogP contribution < -0.4 is 15.4 Å². The summed E-state index contributed by atoms with van der Waals surface area (Å²) < 4.78 is 23.4. The average Bonchev–Trinajstić information content (AvgIpc) is 3.13. The highest BCUT2D eigenvalue weighted by Crippen LogP contribution is 2.40. The Kier molecular flexibility index (Phi) is 12.3. The van der Waals surface area contributed by atoms with Crippen LogP contribution in [0, 0.1) is 0 Å². The van der Waals surface area contributed by atoms with Crippen LogP contribution in [0.3, 0.4) is 0 Å². The second kappa shape index (κ2) is 17.0. The van der Waals surface area contributed by atoms with Gasteiger partial charge in [-0.1, -0.05) is 91.0 Å². The Bertz CT molecular complexity index is 1580. The van der Waals surface area contributed by atoms with E-state index in [4.69, 9.17) is 18.9 Å². The smallest absolute Gasteiger partial charge is 0.328 e. The van der Waals surface area contributed by atoms with Crippen molar-refractivity contribution < 1.29 is 33.6 Å². The van der Waals surface area contributed by atoms with Crippen molar-refractivity contribution >= 4 is 23.8 Å². The zero-order chi connectivity index (χ0) is 33.0. The number of carbonyl (C=O) groups is 2. The molecule has 47 heavy (non-hydrogen) atoms. The van der Waals surface area contributed by atoms with Gasteiger partial charge in [-0.15, -0.1) is 11.8 Å². The molecule has 4 atom stereocenters. The van der Waals surface area contributed by atoms with Crippen LogP contribution in [-0.4, -0.2) is 49.2 Å². The molecule has 1 saturated heterocycles. The van der Waals surface area contributed by atoms with Crippen LogP contribution >= 0.6 is 11.8 Å². The molecule has 0 bridgehead atoms. The van der Waals surface area contributed by atoms with E-state index in [0.29, 0.717) is 18.6 Å². The van der Waals surface area contributed by atoms with Crippen LogP contribution in [0.15, 0.2) is 108 Å². The fraction of sp³-hybridized carbons (Fsp3) is 0.297. The SMILES string of the molecule is COC(=O)[C@H](Cc1ccccc1)NC(=O)NCc1ccc([C@@H]2O[C@H](CSc3ccccc3OC)C[C@H](c3ccc(CO)cc3)O2)cc1. The Morgan fingerprint density at radius 1 is 0.851 bits per heavy atom. The number of hydrogen-bond acceptors (Lipinski definition) is 8. The molecule has 2 amide bonds. The molecular formula is C37H40N2O7S. The van der Waals surface area contributed by atoms with E-state index < -0.39 is 24.3 Å². The third kappa shape index (κ3) is 9.59. The minimum Gasteiger partial charge on any atom is -0.496 e. The molecule has 1 aliphatic heterocycles. The van der Waals surface area contributed by atoms with Gasteiger partial charge in [-0.3, -0.25) is 0 Å². The minimum atomic E-state index is -0.813. The van der Waals surface area contributed by atoms with E-state index in [1.54, 1.807) is 18.9 Å². The molecule has 0 aliphatic carbocycles. The molecule has 0 unspecified atom stereocenters. The van der Waals surface area contributed by atoms with Crippen molar-refractivity contribution in [1.29, 1.82) is 0 Å². The van der Waals surface area contributed by atoms with Gasteiger partial charge in [0.25, 0.3) is 0 Å². The van der Waals surface area contributed by atoms with Crippen molar-refractivity contribution in [3.05, 3.63) is 131 Å². The first-order valence-corrected chi connectivity index (χ1v) is 16.5. The highest BCUT2D eigenvalue weighted by molar-refractivity contribution is 7.99. The number of rotatable bonds is 13. The van der Waals surface area contributed by atoms with Crippen LogP contribution in [0.2, 0.25) is 0 Å². The number of nitrogens with one attached hydrogen (secondary N) is 2. The molecule has 0 aromatic heterocycles. The van der Waals surface area contributed by atoms with E-state index in [0.717, 1.165) is 38.5 Å². The number of esters is 1. The van der Waals surface area contributed by atoms with Gasteiger partial charge < -0.3 is 34.7 Å². The lowest BCUT2D eigenvalue weighted by molar-refractivity contribution is -0.245. The summed E-state index contributed by atoms with van der Waals surface area (Å²) >= 11 is 1.68. The molecule has 9 nitrogen and oxygen atoms in total. The van der Waals surface area contributed by atoms with Gasteiger partial charge in [0.2, 0.25) is 0 Å². The molecule has 10 heteroatoms. The number of hydrogen-bond donors (Lipinski definition) is 3. The number of carbonyl (C=O) groups excluding carboxylic acids is 2. The number of aliphatic hydroxyl groups is 1. The maximum absolute atomic E-state index is 12.7. The number of thioether (sulfide) groups is 1. The molecule has 5 rings (SSSR count). The zero-order valence-corrected chi connectivity index (χ0v) is 27.3. The number of urea groups is 1. The highest BCUT2D eigenvalue weighted by Gasteiger charge is 2.32. The van der Waals surface area contributed by atoms with Gasteiger partial charge in [0, 0.05) is 35.6 Å². The standard InChI is InChI=1S/C37H40N2O7S/c1-43-32-10-6-7-11-34(32)47-24-30-21-33(28-16-14-27(23-40)15-17-28)46-36(45-30)29-18-12-26(13-19-29)22-38-37(42)39-31(35(41)44-2)20-25-8-4-3-5-9-25/h3-19,30-31,33,36,40H,20-24H2,1-2H3,(H2,38,39,42)/t30-,31-,33+,36+/m0/s1. The Hall–Kier alpha value is -4.35. The molecule has 0 saturated carbocycles. The molecule has 4 aromatic rings. The van der Waals surface area contributed by atoms with Gasteiger partial charge in [0.05, 0.1) is 33.0 Å². The first-order valence-electron chi connectivity index (χ1n) is 15.5. The van der Waals surface area contributed by atoms with E-state index in [1.165, 1.54) is 7.11 Å². The zero-order valence-electron chi connectivity index (χ0n) is 26.5. The van der Waals surface area contributed by atoms with Gasteiger partial charge >= 0.3 is 12.0 Å². The van der Waals surface area contributed by atoms with Crippen LogP contribution in [0.4, 0.5) is 4.79 Å². The molecule has 4 aromatic carbocycles. The van der Waals surface area contributed by atoms with Crippen LogP contribution in [0.1, 0.15) is 46.6 Å². The van der Waals surface area contributed by atoms with E-state index >= 15 is 0 Å². The van der Waals surface area contributed by atoms with Crippen molar-refractivity contribution in [2.45, 2.75) is 55.4 Å². The summed E-state index contributed by atoms with van der Waals surface area (Å²) in [5, 5.41) is 15.1. The second-order valence-electron chi connectivity index (χ2n) is 11.1. The molecule has 1 fully saturated rings. The predicted molar refractivity (Wildman–Crippen MR) is 180 cm³/mol. The number of para-hydroxylation sites is 1. The first-order chi connectivity index (χ1) is 22.9. The van der Waals surface area contributed by atoms with E-state index in [1.807, 2.05) is 103 Å². The molecule has 0 spiro atoms. The first kappa shape index (κ1) is 34.0. The largest absolute Gasteiger partial charge is 0.496 e. The lowest BCUT2D eigenvalue weighted by Crippen LogP contribution is -2.47. The Balaban J connectivity index is 1.22. The van der Waals surface area contributed by atoms with Crippen molar-refractivity contribution in [3.63, 3.8) is 0 Å². The predicted octanol–water partition coefficient (Wildman–Crippen LogP) is 6.11. The van der Waals surface area contributed by atoms with Gasteiger partial charge in [-0.25, -0.2) is 9.59 Å². The third-order valence-corrected chi connectivity index (χ3v) is 9.07. The molecule has 0 radical (unpaired) electrons. The second-order valence-corrected chi connectivity index (χ2v) is 12.2. The van der Waals surface area contributed by atoms with Crippen LogP contribution in [-0.2, 0) is 38.6 Å². The highest BCUT2D eigenvalue weighted by atomic mass is 32.2. The Morgan fingerprint density at radius 2 is 1.53 bits per heavy atom. The Labute approximate surface area is 279 Å². The van der Waals surface area contributed by atoms with E-state index in [2.05, 4.69) is 10.6 Å². The van der Waals surface area contributed by atoms with Gasteiger partial charge in [-0.05, 0) is 34.4 Å². The van der Waals surface area contributed by atoms with E-state index in [-0.39, 0.29) is 25.4 Å². The van der Waals surface area contributed by atoms with Crippen LogP contribution in [0.5, 0.6) is 5.75 Å². The summed E-state index contributed by atoms with van der Waals surface area (Å²) in [5.41, 5.74) is 4.51. The maximum Gasteiger partial charge on any atom is 0.328 e. The molecule has 3 N–H and O–H groups in total. The fourth-order valence-electron chi connectivity index (χ4n) is 5.31. The average molecular weight is 657 g/mol. The number of benzene rings is 4. The summed E-state index contributed by atoms with van der Waals surface area (Å²) in [6.45, 7) is 0.244. The fourth-order valence-corrected chi connectivity index (χ4v) is 6.36. The van der Waals surface area contributed by atoms with Gasteiger partial charge in [-0.2, -0.15) is 0 Å². The monoisotopic (exact) mass is 656 g/mol. The summed E-state index contributed by atoms with van der Waals surface area (Å²) in [6.07, 6.45) is 0.0921. The molecule has 246 valence electrons. The number of amides is 2. The van der Waals surface area contributed by atoms with Crippen molar-refractivity contribution in [3.8, 4) is 5.75 Å². The van der Waals surface area contributed by atoms with E-state index in [9.17, 15) is 14.7 Å². The minimum absolute atomic E-state index is 0.0157. The number of ether oxygens (including phenoxy) is 4. The summed E-state index contributed by atoms with van der Waals surface area (Å²) in [6, 6.07) is 31.6. The topological polar surface area (TPSA) is 115 Å². The van der Waals surface area contributed by atoms with Crippen molar-refractivity contribution in [2.24, 2.45) is 0 Å². The summed E-state index contributed by atoms with van der Waals surface area (Å²) in [4.78, 5) is 26.1. The van der Waals surface area contributed by atoms with Crippen molar-refractivity contribution in [2.75, 3.05) is 20.0 Å². The lowest BCUT2D eigenvalue weighted by Gasteiger charge is -2.36. The van der Waals surface area contributed by atoms with Crippen LogP contribution in [0.25, 0.3) is 0 Å².